The highest BCUT2D eigenvalue weighted by Crippen LogP contribution is 2.10. The second-order valence-corrected chi connectivity index (χ2v) is 5.22. The Labute approximate surface area is 125 Å². The van der Waals surface area contributed by atoms with Crippen LogP contribution in [-0.4, -0.2) is 40.0 Å². The summed E-state index contributed by atoms with van der Waals surface area (Å²) in [4.78, 5) is 18.3. The van der Waals surface area contributed by atoms with Crippen LogP contribution < -0.4 is 0 Å². The van der Waals surface area contributed by atoms with Gasteiger partial charge in [0, 0.05) is 18.9 Å². The van der Waals surface area contributed by atoms with Crippen LogP contribution in [-0.2, 0) is 16.1 Å². The van der Waals surface area contributed by atoms with Gasteiger partial charge in [0.2, 0.25) is 0 Å². The summed E-state index contributed by atoms with van der Waals surface area (Å²) >= 11 is 0. The van der Waals surface area contributed by atoms with Gasteiger partial charge in [0.25, 0.3) is 0 Å². The fourth-order valence-electron chi connectivity index (χ4n) is 2.38. The van der Waals surface area contributed by atoms with E-state index >= 15 is 0 Å². The quantitative estimate of drug-likeness (QED) is 0.734. The normalized spacial score (nSPS) is 11.2. The van der Waals surface area contributed by atoms with Crippen molar-refractivity contribution >= 4 is 11.6 Å². The van der Waals surface area contributed by atoms with Crippen molar-refractivity contribution in [1.29, 1.82) is 0 Å². The Balaban J connectivity index is 2.08. The van der Waals surface area contributed by atoms with E-state index < -0.39 is 0 Å². The Hall–Kier alpha value is -1.88. The largest absolute Gasteiger partial charge is 0.465 e. The molecular formula is C16H23N3O2. The van der Waals surface area contributed by atoms with Gasteiger partial charge >= 0.3 is 5.97 Å². The molecule has 2 aromatic heterocycles. The van der Waals surface area contributed by atoms with Gasteiger partial charge < -0.3 is 9.14 Å². The lowest BCUT2D eigenvalue weighted by atomic mass is 10.3. The number of pyridine rings is 1. The molecule has 0 N–H and O–H groups in total. The molecule has 0 amide bonds. The Bertz CT molecular complexity index is 607. The molecule has 0 atom stereocenters. The van der Waals surface area contributed by atoms with Crippen LogP contribution in [0.1, 0.15) is 31.5 Å². The molecule has 0 fully saturated rings. The van der Waals surface area contributed by atoms with E-state index in [9.17, 15) is 4.79 Å². The summed E-state index contributed by atoms with van der Waals surface area (Å²) in [6.45, 7) is 8.24. The minimum atomic E-state index is -0.175. The van der Waals surface area contributed by atoms with E-state index in [0.29, 0.717) is 19.7 Å². The first-order valence-electron chi connectivity index (χ1n) is 7.44. The van der Waals surface area contributed by atoms with Crippen molar-refractivity contribution in [1.82, 2.24) is 14.3 Å². The number of fused-ring (bicyclic) bond motifs is 1. The third-order valence-electron chi connectivity index (χ3n) is 3.23. The smallest absolute Gasteiger partial charge is 0.320 e. The van der Waals surface area contributed by atoms with Crippen molar-refractivity contribution in [2.75, 3.05) is 19.7 Å². The summed E-state index contributed by atoms with van der Waals surface area (Å²) in [7, 11) is 0. The van der Waals surface area contributed by atoms with Crippen LogP contribution in [0.25, 0.3) is 5.65 Å². The van der Waals surface area contributed by atoms with E-state index in [1.807, 2.05) is 23.6 Å². The zero-order chi connectivity index (χ0) is 15.2. The standard InChI is InChI=1S/C16H23N3O2/c1-4-8-18(12-16(20)21-5-2)10-14-11-19-9-13(3)6-7-15(19)17-14/h6-7,9,11H,4-5,8,10,12H2,1-3H3. The van der Waals surface area contributed by atoms with Crippen molar-refractivity contribution in [3.63, 3.8) is 0 Å². The first kappa shape index (κ1) is 15.5. The molecule has 0 aliphatic heterocycles. The molecular weight excluding hydrogens is 266 g/mol. The van der Waals surface area contributed by atoms with E-state index in [4.69, 9.17) is 4.74 Å². The van der Waals surface area contributed by atoms with E-state index in [-0.39, 0.29) is 5.97 Å². The minimum absolute atomic E-state index is 0.175. The molecule has 0 saturated carbocycles. The van der Waals surface area contributed by atoms with Gasteiger partial charge in [-0.3, -0.25) is 9.69 Å². The number of aromatic nitrogens is 2. The molecule has 0 aliphatic rings. The van der Waals surface area contributed by atoms with E-state index in [0.717, 1.165) is 24.3 Å². The van der Waals surface area contributed by atoms with Gasteiger partial charge in [-0.15, -0.1) is 0 Å². The Morgan fingerprint density at radius 2 is 2.14 bits per heavy atom. The molecule has 5 heteroatoms. The highest BCUT2D eigenvalue weighted by atomic mass is 16.5. The summed E-state index contributed by atoms with van der Waals surface area (Å²) in [5.74, 6) is -0.175. The Kier molecular flexibility index (Phi) is 5.33. The molecule has 0 saturated heterocycles. The molecule has 21 heavy (non-hydrogen) atoms. The fraction of sp³-hybridized carbons (Fsp3) is 0.500. The van der Waals surface area contributed by atoms with E-state index in [1.54, 1.807) is 0 Å². The maximum atomic E-state index is 11.6. The highest BCUT2D eigenvalue weighted by molar-refractivity contribution is 5.71. The van der Waals surface area contributed by atoms with Crippen molar-refractivity contribution in [2.24, 2.45) is 0 Å². The molecule has 0 spiro atoms. The van der Waals surface area contributed by atoms with E-state index in [2.05, 4.69) is 36.0 Å². The van der Waals surface area contributed by atoms with Crippen LogP contribution in [0, 0.1) is 6.92 Å². The van der Waals surface area contributed by atoms with Crippen molar-refractivity contribution in [2.45, 2.75) is 33.7 Å². The predicted molar refractivity (Wildman–Crippen MR) is 82.1 cm³/mol. The van der Waals surface area contributed by atoms with Crippen LogP contribution in [0.2, 0.25) is 0 Å². The topological polar surface area (TPSA) is 46.8 Å². The summed E-state index contributed by atoms with van der Waals surface area (Å²) in [5, 5.41) is 0. The molecule has 2 rings (SSSR count). The lowest BCUT2D eigenvalue weighted by Crippen LogP contribution is -2.31. The fourth-order valence-corrected chi connectivity index (χ4v) is 2.38. The molecule has 0 aromatic carbocycles. The Morgan fingerprint density at radius 3 is 2.86 bits per heavy atom. The number of ether oxygens (including phenoxy) is 1. The number of imidazole rings is 1. The summed E-state index contributed by atoms with van der Waals surface area (Å²) in [6.07, 6.45) is 5.07. The van der Waals surface area contributed by atoms with Crippen LogP contribution >= 0.6 is 0 Å². The first-order valence-corrected chi connectivity index (χ1v) is 7.44. The second kappa shape index (κ2) is 7.22. The van der Waals surface area contributed by atoms with Crippen LogP contribution in [0.15, 0.2) is 24.5 Å². The van der Waals surface area contributed by atoms with Gasteiger partial charge in [0.15, 0.2) is 0 Å². The molecule has 114 valence electrons. The average Bonchev–Trinajstić information content (AvgIpc) is 2.80. The van der Waals surface area contributed by atoms with Crippen LogP contribution in [0.3, 0.4) is 0 Å². The summed E-state index contributed by atoms with van der Waals surface area (Å²) in [5.41, 5.74) is 3.10. The van der Waals surface area contributed by atoms with Gasteiger partial charge in [-0.2, -0.15) is 0 Å². The predicted octanol–water partition coefficient (Wildman–Crippen LogP) is 2.42. The lowest BCUT2D eigenvalue weighted by Gasteiger charge is -2.19. The number of carbonyl (C=O) groups is 1. The molecule has 5 nitrogen and oxygen atoms in total. The summed E-state index contributed by atoms with van der Waals surface area (Å²) < 4.78 is 7.05. The zero-order valence-corrected chi connectivity index (χ0v) is 13.0. The third kappa shape index (κ3) is 4.29. The van der Waals surface area contributed by atoms with Crippen molar-refractivity contribution < 1.29 is 9.53 Å². The number of esters is 1. The molecule has 0 bridgehead atoms. The monoisotopic (exact) mass is 289 g/mol. The van der Waals surface area contributed by atoms with Gasteiger partial charge in [0.1, 0.15) is 5.65 Å². The summed E-state index contributed by atoms with van der Waals surface area (Å²) in [6, 6.07) is 4.06. The minimum Gasteiger partial charge on any atom is -0.465 e. The van der Waals surface area contributed by atoms with Gasteiger partial charge in [-0.05, 0) is 38.4 Å². The van der Waals surface area contributed by atoms with Crippen molar-refractivity contribution in [3.8, 4) is 0 Å². The van der Waals surface area contributed by atoms with E-state index in [1.165, 1.54) is 5.56 Å². The number of nitrogens with zero attached hydrogens (tertiary/aromatic N) is 3. The van der Waals surface area contributed by atoms with Crippen molar-refractivity contribution in [3.05, 3.63) is 35.8 Å². The zero-order valence-electron chi connectivity index (χ0n) is 13.0. The maximum Gasteiger partial charge on any atom is 0.320 e. The molecule has 2 heterocycles. The van der Waals surface area contributed by atoms with Gasteiger partial charge in [0.05, 0.1) is 18.8 Å². The number of hydrogen-bond acceptors (Lipinski definition) is 4. The molecule has 2 aromatic rings. The van der Waals surface area contributed by atoms with Gasteiger partial charge in [-0.25, -0.2) is 4.98 Å². The average molecular weight is 289 g/mol. The first-order chi connectivity index (χ1) is 10.1. The third-order valence-corrected chi connectivity index (χ3v) is 3.23. The second-order valence-electron chi connectivity index (χ2n) is 5.22. The number of carbonyl (C=O) groups excluding carboxylic acids is 1. The SMILES string of the molecule is CCCN(CC(=O)OCC)Cc1cn2cc(C)ccc2n1. The van der Waals surface area contributed by atoms with Crippen LogP contribution in [0.4, 0.5) is 0 Å². The van der Waals surface area contributed by atoms with Gasteiger partial charge in [-0.1, -0.05) is 13.0 Å². The lowest BCUT2D eigenvalue weighted by molar-refractivity contribution is -0.144. The number of hydrogen-bond donors (Lipinski definition) is 0. The molecule has 0 radical (unpaired) electrons. The molecule has 0 unspecified atom stereocenters. The Morgan fingerprint density at radius 1 is 1.33 bits per heavy atom. The molecule has 0 aliphatic carbocycles. The highest BCUT2D eigenvalue weighted by Gasteiger charge is 2.13. The number of aryl methyl sites for hydroxylation is 1. The van der Waals surface area contributed by atoms with Crippen LogP contribution in [0.5, 0.6) is 0 Å². The maximum absolute atomic E-state index is 11.6. The number of rotatable bonds is 7.